The second-order valence-electron chi connectivity index (χ2n) is 8.76. The number of aromatic nitrogens is 2. The molecule has 1 aromatic heterocycles. The lowest BCUT2D eigenvalue weighted by atomic mass is 9.92. The molecule has 2 saturated heterocycles. The maximum absolute atomic E-state index is 12.2. The summed E-state index contributed by atoms with van der Waals surface area (Å²) in [5.74, 6) is 1.15. The molecule has 1 aromatic rings. The number of piperazine rings is 1. The summed E-state index contributed by atoms with van der Waals surface area (Å²) in [5, 5.41) is 10.8. The average Bonchev–Trinajstić information content (AvgIpc) is 3.54. The number of hydrogen-bond donors (Lipinski definition) is 1. The maximum atomic E-state index is 12.2. The molecule has 0 bridgehead atoms. The number of carbonyl (C=O) groups excluding carboxylic acids is 1. The van der Waals surface area contributed by atoms with Gasteiger partial charge in [-0.3, -0.25) is 0 Å². The standard InChI is InChI=1S/C20H31N5O6S/c1-19(3-4-19)30-18(26)24-7-5-20(27,6-8-24)15-29-17-14-21-16(13-22-17)23-9-11-25(12-10-23)32-31-28-2/h13-14,27H,3-12,15H2,1-2H3. The Morgan fingerprint density at radius 3 is 2.41 bits per heavy atom. The van der Waals surface area contributed by atoms with Crippen molar-refractivity contribution in [1.82, 2.24) is 19.2 Å². The van der Waals surface area contributed by atoms with Crippen LogP contribution >= 0.6 is 12.2 Å². The number of aliphatic hydroxyl groups is 1. The zero-order valence-corrected chi connectivity index (χ0v) is 19.4. The van der Waals surface area contributed by atoms with Gasteiger partial charge in [0.05, 0.1) is 19.5 Å². The zero-order valence-electron chi connectivity index (χ0n) is 18.6. The monoisotopic (exact) mass is 469 g/mol. The van der Waals surface area contributed by atoms with Gasteiger partial charge in [0.1, 0.15) is 35.9 Å². The number of ether oxygens (including phenoxy) is 2. The van der Waals surface area contributed by atoms with Crippen LogP contribution in [0.2, 0.25) is 0 Å². The maximum Gasteiger partial charge on any atom is 0.410 e. The predicted octanol–water partition coefficient (Wildman–Crippen LogP) is 1.63. The van der Waals surface area contributed by atoms with Crippen molar-refractivity contribution < 1.29 is 28.6 Å². The van der Waals surface area contributed by atoms with Crippen LogP contribution in [0.25, 0.3) is 0 Å². The van der Waals surface area contributed by atoms with E-state index in [9.17, 15) is 9.90 Å². The Morgan fingerprint density at radius 1 is 1.09 bits per heavy atom. The summed E-state index contributed by atoms with van der Waals surface area (Å²) in [6, 6.07) is 0. The number of nitrogens with zero attached hydrogens (tertiary/aromatic N) is 5. The smallest absolute Gasteiger partial charge is 0.410 e. The van der Waals surface area contributed by atoms with E-state index in [0.29, 0.717) is 31.8 Å². The molecule has 1 N–H and O–H groups in total. The van der Waals surface area contributed by atoms with E-state index in [1.807, 2.05) is 6.92 Å². The molecule has 12 heteroatoms. The molecule has 4 rings (SSSR count). The molecule has 0 aromatic carbocycles. The molecule has 1 saturated carbocycles. The summed E-state index contributed by atoms with van der Waals surface area (Å²) < 4.78 is 18.2. The number of carbonyl (C=O) groups is 1. The van der Waals surface area contributed by atoms with Crippen LogP contribution in [0.15, 0.2) is 12.4 Å². The summed E-state index contributed by atoms with van der Waals surface area (Å²) in [6.07, 6.45) is 5.67. The number of amides is 1. The molecule has 0 radical (unpaired) electrons. The van der Waals surface area contributed by atoms with E-state index in [1.165, 1.54) is 19.3 Å². The van der Waals surface area contributed by atoms with Gasteiger partial charge in [0.15, 0.2) is 0 Å². The van der Waals surface area contributed by atoms with Gasteiger partial charge in [0.2, 0.25) is 5.88 Å². The molecule has 1 aliphatic carbocycles. The lowest BCUT2D eigenvalue weighted by Gasteiger charge is -2.37. The van der Waals surface area contributed by atoms with Crippen molar-refractivity contribution >= 4 is 24.1 Å². The highest BCUT2D eigenvalue weighted by molar-refractivity contribution is 7.92. The molecule has 3 fully saturated rings. The number of anilines is 1. The van der Waals surface area contributed by atoms with Gasteiger partial charge >= 0.3 is 6.09 Å². The van der Waals surface area contributed by atoms with Crippen LogP contribution < -0.4 is 9.64 Å². The van der Waals surface area contributed by atoms with Crippen molar-refractivity contribution in [3.05, 3.63) is 12.4 Å². The fourth-order valence-corrected chi connectivity index (χ4v) is 4.08. The molecule has 1 amide bonds. The van der Waals surface area contributed by atoms with Gasteiger partial charge in [-0.2, -0.15) is 0 Å². The van der Waals surface area contributed by atoms with Crippen LogP contribution in [-0.2, 0) is 14.0 Å². The Labute approximate surface area is 192 Å². The van der Waals surface area contributed by atoms with Crippen LogP contribution in [0.4, 0.5) is 10.6 Å². The van der Waals surface area contributed by atoms with E-state index < -0.39 is 5.60 Å². The first-order chi connectivity index (χ1) is 15.4. The Hall–Kier alpha value is -1.86. The second-order valence-corrected chi connectivity index (χ2v) is 9.56. The highest BCUT2D eigenvalue weighted by Gasteiger charge is 2.44. The fourth-order valence-electron chi connectivity index (χ4n) is 3.62. The zero-order chi connectivity index (χ0) is 22.6. The highest BCUT2D eigenvalue weighted by Crippen LogP contribution is 2.39. The van der Waals surface area contributed by atoms with Gasteiger partial charge in [0.25, 0.3) is 0 Å². The third kappa shape index (κ3) is 6.13. The Kier molecular flexibility index (Phi) is 7.25. The van der Waals surface area contributed by atoms with E-state index in [2.05, 4.69) is 24.1 Å². The first-order valence-corrected chi connectivity index (χ1v) is 11.6. The Balaban J connectivity index is 1.19. The quantitative estimate of drug-likeness (QED) is 0.260. The molecule has 0 atom stereocenters. The topological polar surface area (TPSA) is 110 Å². The van der Waals surface area contributed by atoms with E-state index in [-0.39, 0.29) is 18.3 Å². The highest BCUT2D eigenvalue weighted by atomic mass is 32.2. The van der Waals surface area contributed by atoms with E-state index in [4.69, 9.17) is 13.8 Å². The van der Waals surface area contributed by atoms with Crippen LogP contribution in [0, 0.1) is 0 Å². The molecule has 0 unspecified atom stereocenters. The third-order valence-corrected chi connectivity index (χ3v) is 6.88. The summed E-state index contributed by atoms with van der Waals surface area (Å²) in [4.78, 5) is 29.4. The van der Waals surface area contributed by atoms with Gasteiger partial charge < -0.3 is 24.4 Å². The fraction of sp³-hybridized carbons (Fsp3) is 0.750. The van der Waals surface area contributed by atoms with Crippen molar-refractivity contribution in [2.45, 2.75) is 43.8 Å². The van der Waals surface area contributed by atoms with Gasteiger partial charge in [0, 0.05) is 39.3 Å². The second kappa shape index (κ2) is 9.96. The molecular formula is C20H31N5O6S. The Morgan fingerprint density at radius 2 is 1.81 bits per heavy atom. The first-order valence-electron chi connectivity index (χ1n) is 10.9. The summed E-state index contributed by atoms with van der Waals surface area (Å²) >= 11 is 1.20. The average molecular weight is 470 g/mol. The molecular weight excluding hydrogens is 438 g/mol. The molecule has 178 valence electrons. The summed E-state index contributed by atoms with van der Waals surface area (Å²) in [7, 11) is 1.48. The number of rotatable bonds is 8. The van der Waals surface area contributed by atoms with Crippen LogP contribution in [0.1, 0.15) is 32.6 Å². The van der Waals surface area contributed by atoms with E-state index >= 15 is 0 Å². The lowest BCUT2D eigenvalue weighted by Crippen LogP contribution is -2.50. The molecule has 32 heavy (non-hydrogen) atoms. The largest absolute Gasteiger partial charge is 0.474 e. The van der Waals surface area contributed by atoms with Gasteiger partial charge in [-0.15, -0.1) is 4.33 Å². The van der Waals surface area contributed by atoms with Crippen LogP contribution in [0.5, 0.6) is 5.88 Å². The molecule has 0 spiro atoms. The van der Waals surface area contributed by atoms with Crippen molar-refractivity contribution in [3.63, 3.8) is 0 Å². The van der Waals surface area contributed by atoms with E-state index in [0.717, 1.165) is 44.8 Å². The summed E-state index contributed by atoms with van der Waals surface area (Å²) in [5.41, 5.74) is -1.29. The van der Waals surface area contributed by atoms with Crippen LogP contribution in [-0.4, -0.2) is 94.6 Å². The van der Waals surface area contributed by atoms with Crippen molar-refractivity contribution in [2.24, 2.45) is 0 Å². The minimum Gasteiger partial charge on any atom is -0.474 e. The van der Waals surface area contributed by atoms with Crippen LogP contribution in [0.3, 0.4) is 0 Å². The number of likely N-dealkylation sites (tertiary alicyclic amines) is 1. The normalized spacial score (nSPS) is 22.5. The van der Waals surface area contributed by atoms with Gasteiger partial charge in [-0.05, 0) is 32.6 Å². The van der Waals surface area contributed by atoms with Gasteiger partial charge in [-0.25, -0.2) is 24.0 Å². The molecule has 11 nitrogen and oxygen atoms in total. The SMILES string of the molecule is COOSN1CCN(c2cnc(OCC3(O)CCN(C(=O)OC4(C)CC4)CC3)cn2)CC1. The molecule has 3 heterocycles. The Bertz CT molecular complexity index is 764. The number of hydrogen-bond acceptors (Lipinski definition) is 11. The molecule has 3 aliphatic rings. The lowest BCUT2D eigenvalue weighted by molar-refractivity contribution is -0.163. The van der Waals surface area contributed by atoms with Gasteiger partial charge in [-0.1, -0.05) is 0 Å². The minimum absolute atomic E-state index is 0.108. The van der Waals surface area contributed by atoms with Crippen molar-refractivity contribution in [2.75, 3.05) is 57.9 Å². The third-order valence-electron chi connectivity index (χ3n) is 6.11. The van der Waals surface area contributed by atoms with E-state index in [1.54, 1.807) is 17.3 Å². The van der Waals surface area contributed by atoms with Crippen molar-refractivity contribution in [1.29, 1.82) is 0 Å². The predicted molar refractivity (Wildman–Crippen MR) is 117 cm³/mol. The summed E-state index contributed by atoms with van der Waals surface area (Å²) in [6.45, 7) is 6.16. The minimum atomic E-state index is -1.00. The van der Waals surface area contributed by atoms with Crippen molar-refractivity contribution in [3.8, 4) is 5.88 Å². The first kappa shape index (κ1) is 23.3. The number of piperidine rings is 1. The molecule has 2 aliphatic heterocycles.